The zero-order chi connectivity index (χ0) is 25.1. The number of fused-ring (bicyclic) bond motifs is 1. The van der Waals surface area contributed by atoms with Gasteiger partial charge in [-0.05, 0) is 18.2 Å². The molecule has 39 heavy (non-hydrogen) atoms. The second-order valence-corrected chi connectivity index (χ2v) is 9.28. The molecule has 1 fully saturated rings. The maximum Gasteiger partial charge on any atom is 0.277 e. The third kappa shape index (κ3) is 7.12. The van der Waals surface area contributed by atoms with Gasteiger partial charge in [0.05, 0.1) is 35.5 Å². The first-order chi connectivity index (χ1) is 17.6. The molecule has 3 N–H and O–H groups in total. The third-order valence-corrected chi connectivity index (χ3v) is 6.83. The van der Waals surface area contributed by atoms with Crippen LogP contribution in [0, 0.1) is 0 Å². The number of rotatable bonds is 7. The van der Waals surface area contributed by atoms with Crippen molar-refractivity contribution in [1.82, 2.24) is 30.4 Å². The number of aromatic nitrogens is 5. The minimum Gasteiger partial charge on any atom is -0.378 e. The summed E-state index contributed by atoms with van der Waals surface area (Å²) in [7, 11) is 3.71. The van der Waals surface area contributed by atoms with Crippen molar-refractivity contribution in [3.63, 3.8) is 0 Å². The van der Waals surface area contributed by atoms with Gasteiger partial charge in [-0.2, -0.15) is 0 Å². The topological polar surface area (TPSA) is 142 Å². The standard InChI is InChI=1S/C23H25N9O3S.3ClH/c1-24-18-4-3-14(10-25-18)20-28-17-9-16(36-19(17)21(29-20)32-5-7-35-8-6-32)13-31(2)23-26-11-15(12-27-23)22(33)30-34;;;/h3-4,9-12,34H,5-8,13H2,1-2H3,(H,24,25)(H,30,33);3*1H. The number of ether oxygens (including phenoxy) is 1. The average molecular weight is 617 g/mol. The quantitative estimate of drug-likeness (QED) is 0.208. The molecule has 0 unspecified atom stereocenters. The Balaban J connectivity index is 0.00000178. The van der Waals surface area contributed by atoms with Gasteiger partial charge >= 0.3 is 0 Å². The molecule has 1 saturated heterocycles. The molecule has 4 aromatic heterocycles. The zero-order valence-electron chi connectivity index (χ0n) is 21.0. The predicted molar refractivity (Wildman–Crippen MR) is 158 cm³/mol. The van der Waals surface area contributed by atoms with E-state index in [-0.39, 0.29) is 42.8 Å². The summed E-state index contributed by atoms with van der Waals surface area (Å²) in [5, 5.41) is 11.8. The molecule has 1 aliphatic rings. The first-order valence-corrected chi connectivity index (χ1v) is 12.1. The summed E-state index contributed by atoms with van der Waals surface area (Å²) in [6, 6.07) is 5.93. The maximum absolute atomic E-state index is 11.5. The number of pyridine rings is 1. The minimum atomic E-state index is -0.658. The molecule has 0 spiro atoms. The van der Waals surface area contributed by atoms with Crippen molar-refractivity contribution in [3.8, 4) is 11.4 Å². The van der Waals surface area contributed by atoms with Crippen LogP contribution in [0.4, 0.5) is 17.6 Å². The van der Waals surface area contributed by atoms with Crippen molar-refractivity contribution in [2.75, 3.05) is 55.5 Å². The number of halogens is 3. The van der Waals surface area contributed by atoms with Crippen LogP contribution in [-0.2, 0) is 11.3 Å². The van der Waals surface area contributed by atoms with Crippen LogP contribution in [0.25, 0.3) is 21.6 Å². The highest BCUT2D eigenvalue weighted by Gasteiger charge is 2.21. The summed E-state index contributed by atoms with van der Waals surface area (Å²) in [5.41, 5.74) is 3.46. The maximum atomic E-state index is 11.5. The van der Waals surface area contributed by atoms with E-state index in [1.165, 1.54) is 12.4 Å². The van der Waals surface area contributed by atoms with E-state index in [4.69, 9.17) is 19.9 Å². The molecule has 5 rings (SSSR count). The Hall–Kier alpha value is -3.07. The van der Waals surface area contributed by atoms with Crippen molar-refractivity contribution in [2.45, 2.75) is 6.54 Å². The Labute approximate surface area is 247 Å². The number of carbonyl (C=O) groups is 1. The van der Waals surface area contributed by atoms with E-state index < -0.39 is 5.91 Å². The molecule has 0 radical (unpaired) electrons. The number of hydrogen-bond donors (Lipinski definition) is 3. The van der Waals surface area contributed by atoms with Crippen LogP contribution in [0.3, 0.4) is 0 Å². The highest BCUT2D eigenvalue weighted by atomic mass is 35.5. The van der Waals surface area contributed by atoms with Crippen molar-refractivity contribution >= 4 is 82.3 Å². The summed E-state index contributed by atoms with van der Waals surface area (Å²) in [6.07, 6.45) is 4.52. The van der Waals surface area contributed by atoms with Crippen LogP contribution in [0.15, 0.2) is 36.8 Å². The number of nitrogens with one attached hydrogen (secondary N) is 2. The van der Waals surface area contributed by atoms with Crippen molar-refractivity contribution in [3.05, 3.63) is 47.2 Å². The number of amides is 1. The molecular weight excluding hydrogens is 589 g/mol. The smallest absolute Gasteiger partial charge is 0.277 e. The monoisotopic (exact) mass is 615 g/mol. The second-order valence-electron chi connectivity index (χ2n) is 8.15. The highest BCUT2D eigenvalue weighted by molar-refractivity contribution is 7.19. The normalized spacial score (nSPS) is 12.5. The van der Waals surface area contributed by atoms with E-state index in [2.05, 4.69) is 31.2 Å². The molecule has 4 aromatic rings. The Bertz CT molecular complexity index is 1370. The number of carbonyl (C=O) groups excluding carboxylic acids is 1. The highest BCUT2D eigenvalue weighted by Crippen LogP contribution is 2.35. The summed E-state index contributed by atoms with van der Waals surface area (Å²) in [4.78, 5) is 39.4. The number of hydroxylamine groups is 1. The molecule has 210 valence electrons. The molecule has 0 aromatic carbocycles. The van der Waals surface area contributed by atoms with Crippen molar-refractivity contribution < 1.29 is 14.7 Å². The largest absolute Gasteiger partial charge is 0.378 e. The van der Waals surface area contributed by atoms with E-state index in [0.717, 1.165) is 45.4 Å². The van der Waals surface area contributed by atoms with Gasteiger partial charge in [-0.15, -0.1) is 48.6 Å². The van der Waals surface area contributed by atoms with Crippen LogP contribution in [0.1, 0.15) is 15.2 Å². The van der Waals surface area contributed by atoms with Gasteiger partial charge in [0.2, 0.25) is 5.95 Å². The fraction of sp³-hybridized carbons (Fsp3) is 0.304. The number of anilines is 3. The first-order valence-electron chi connectivity index (χ1n) is 11.3. The van der Waals surface area contributed by atoms with Gasteiger partial charge in [-0.3, -0.25) is 10.0 Å². The lowest BCUT2D eigenvalue weighted by molar-refractivity contribution is 0.0705. The van der Waals surface area contributed by atoms with E-state index in [0.29, 0.717) is 31.5 Å². The molecule has 12 nitrogen and oxygen atoms in total. The summed E-state index contributed by atoms with van der Waals surface area (Å²) in [6.45, 7) is 3.38. The molecule has 1 aliphatic heterocycles. The van der Waals surface area contributed by atoms with Gasteiger partial charge in [-0.1, -0.05) is 0 Å². The number of thiophene rings is 1. The van der Waals surface area contributed by atoms with Gasteiger partial charge in [0.15, 0.2) is 11.6 Å². The van der Waals surface area contributed by atoms with Crippen LogP contribution in [0.2, 0.25) is 0 Å². The fourth-order valence-electron chi connectivity index (χ4n) is 3.84. The van der Waals surface area contributed by atoms with Crippen LogP contribution in [-0.4, -0.2) is 76.4 Å². The van der Waals surface area contributed by atoms with Gasteiger partial charge in [0, 0.05) is 56.2 Å². The molecule has 0 saturated carbocycles. The lowest BCUT2D eigenvalue weighted by Gasteiger charge is -2.28. The molecule has 5 heterocycles. The lowest BCUT2D eigenvalue weighted by Crippen LogP contribution is -2.36. The first kappa shape index (κ1) is 32.1. The lowest BCUT2D eigenvalue weighted by atomic mass is 10.2. The molecule has 0 atom stereocenters. The Morgan fingerprint density at radius 3 is 2.44 bits per heavy atom. The number of morpholine rings is 1. The van der Waals surface area contributed by atoms with Crippen molar-refractivity contribution in [2.24, 2.45) is 0 Å². The van der Waals surface area contributed by atoms with Crippen LogP contribution < -0.4 is 20.6 Å². The molecule has 0 aliphatic carbocycles. The summed E-state index contributed by atoms with van der Waals surface area (Å²) < 4.78 is 6.57. The number of nitrogens with zero attached hydrogens (tertiary/aromatic N) is 7. The summed E-state index contributed by atoms with van der Waals surface area (Å²) in [5.74, 6) is 2.09. The third-order valence-electron chi connectivity index (χ3n) is 5.73. The van der Waals surface area contributed by atoms with Gasteiger partial charge < -0.3 is 19.9 Å². The van der Waals surface area contributed by atoms with E-state index in [1.54, 1.807) is 23.0 Å². The predicted octanol–water partition coefficient (Wildman–Crippen LogP) is 3.44. The Morgan fingerprint density at radius 1 is 1.10 bits per heavy atom. The SMILES string of the molecule is CNc1ccc(-c2nc(N3CCOCC3)c3sc(CN(C)c4ncc(C(=O)NO)cn4)cc3n2)cn1.Cl.Cl.Cl. The van der Waals surface area contributed by atoms with Gasteiger partial charge in [0.25, 0.3) is 5.91 Å². The zero-order valence-corrected chi connectivity index (χ0v) is 24.3. The second kappa shape index (κ2) is 14.4. The van der Waals surface area contributed by atoms with Crippen molar-refractivity contribution in [1.29, 1.82) is 0 Å². The van der Waals surface area contributed by atoms with Crippen LogP contribution in [0.5, 0.6) is 0 Å². The fourth-order valence-corrected chi connectivity index (χ4v) is 5.01. The Kier molecular flexibility index (Phi) is 11.8. The molecule has 0 bridgehead atoms. The van der Waals surface area contributed by atoms with E-state index in [9.17, 15) is 4.79 Å². The summed E-state index contributed by atoms with van der Waals surface area (Å²) >= 11 is 1.63. The van der Waals surface area contributed by atoms with Gasteiger partial charge in [-0.25, -0.2) is 30.4 Å². The number of hydrogen-bond acceptors (Lipinski definition) is 12. The molecular formula is C23H28Cl3N9O3S. The van der Waals surface area contributed by atoms with Gasteiger partial charge in [0.1, 0.15) is 5.82 Å². The molecule has 16 heteroatoms. The molecule has 1 amide bonds. The van der Waals surface area contributed by atoms with E-state index in [1.807, 2.05) is 31.1 Å². The average Bonchev–Trinajstić information content (AvgIpc) is 3.35. The van der Waals surface area contributed by atoms with Crippen LogP contribution >= 0.6 is 48.6 Å². The van der Waals surface area contributed by atoms with E-state index >= 15 is 0 Å². The Morgan fingerprint density at radius 2 is 1.82 bits per heavy atom. The minimum absolute atomic E-state index is 0.